The predicted molar refractivity (Wildman–Crippen MR) is 85.0 cm³/mol. The maximum absolute atomic E-state index is 12.5. The Labute approximate surface area is 142 Å². The molecule has 0 saturated carbocycles. The van der Waals surface area contributed by atoms with Gasteiger partial charge in [-0.05, 0) is 6.07 Å². The van der Waals surface area contributed by atoms with Gasteiger partial charge in [0.2, 0.25) is 5.75 Å². The van der Waals surface area contributed by atoms with Crippen molar-refractivity contribution in [1.29, 1.82) is 0 Å². The summed E-state index contributed by atoms with van der Waals surface area (Å²) in [7, 11) is 2.60. The molecule has 3 rings (SSSR count). The zero-order valence-electron chi connectivity index (χ0n) is 13.4. The highest BCUT2D eigenvalue weighted by atomic mass is 16.5. The number of aromatic hydroxyl groups is 4. The number of phenols is 4. The highest BCUT2D eigenvalue weighted by Gasteiger charge is 2.34. The highest BCUT2D eigenvalue weighted by molar-refractivity contribution is 6.03. The molecular weight excluding hydrogens is 332 g/mol. The van der Waals surface area contributed by atoms with E-state index in [2.05, 4.69) is 0 Å². The van der Waals surface area contributed by atoms with E-state index in [0.717, 1.165) is 12.1 Å². The SMILES string of the molecule is COc1cc(C2CC(=O)c3c(cc(O)c(OC)c3O)O2)c(O)cc1O. The fourth-order valence-corrected chi connectivity index (χ4v) is 2.81. The Morgan fingerprint density at radius 3 is 2.36 bits per heavy atom. The molecule has 0 spiro atoms. The van der Waals surface area contributed by atoms with Crippen molar-refractivity contribution in [3.05, 3.63) is 29.3 Å². The molecule has 132 valence electrons. The first kappa shape index (κ1) is 16.6. The molecule has 0 bridgehead atoms. The van der Waals surface area contributed by atoms with E-state index >= 15 is 0 Å². The second-order valence-corrected chi connectivity index (χ2v) is 5.47. The molecular formula is C17H16O8. The van der Waals surface area contributed by atoms with Crippen LogP contribution in [-0.2, 0) is 0 Å². The molecule has 2 aromatic carbocycles. The average Bonchev–Trinajstić information content (AvgIpc) is 2.54. The molecule has 25 heavy (non-hydrogen) atoms. The quantitative estimate of drug-likeness (QED) is 0.665. The molecule has 1 unspecified atom stereocenters. The molecule has 1 aliphatic heterocycles. The second kappa shape index (κ2) is 5.97. The number of fused-ring (bicyclic) bond motifs is 1. The highest BCUT2D eigenvalue weighted by Crippen LogP contribution is 2.49. The molecule has 1 heterocycles. The largest absolute Gasteiger partial charge is 0.507 e. The van der Waals surface area contributed by atoms with Crippen LogP contribution in [0.15, 0.2) is 18.2 Å². The lowest BCUT2D eigenvalue weighted by Crippen LogP contribution is -2.21. The Kier molecular flexibility index (Phi) is 3.96. The summed E-state index contributed by atoms with van der Waals surface area (Å²) >= 11 is 0. The number of hydrogen-bond donors (Lipinski definition) is 4. The van der Waals surface area contributed by atoms with Crippen LogP contribution in [-0.4, -0.2) is 40.4 Å². The number of ketones is 1. The van der Waals surface area contributed by atoms with E-state index in [-0.39, 0.29) is 52.0 Å². The molecule has 0 amide bonds. The molecule has 8 nitrogen and oxygen atoms in total. The number of ether oxygens (including phenoxy) is 3. The van der Waals surface area contributed by atoms with Crippen molar-refractivity contribution < 1.29 is 39.4 Å². The van der Waals surface area contributed by atoms with Gasteiger partial charge in [-0.15, -0.1) is 0 Å². The summed E-state index contributed by atoms with van der Waals surface area (Å²) in [6.45, 7) is 0. The predicted octanol–water partition coefficient (Wildman–Crippen LogP) is 2.23. The first-order valence-electron chi connectivity index (χ1n) is 7.30. The number of carbonyl (C=O) groups is 1. The van der Waals surface area contributed by atoms with Crippen molar-refractivity contribution >= 4 is 5.78 Å². The monoisotopic (exact) mass is 348 g/mol. The number of hydrogen-bond acceptors (Lipinski definition) is 8. The van der Waals surface area contributed by atoms with Crippen LogP contribution in [0.3, 0.4) is 0 Å². The van der Waals surface area contributed by atoms with E-state index in [1.807, 2.05) is 0 Å². The average molecular weight is 348 g/mol. The summed E-state index contributed by atoms with van der Waals surface area (Å²) in [4.78, 5) is 12.5. The lowest BCUT2D eigenvalue weighted by molar-refractivity contribution is 0.0840. The van der Waals surface area contributed by atoms with E-state index in [0.29, 0.717) is 0 Å². The molecule has 2 aromatic rings. The molecule has 1 atom stereocenters. The maximum Gasteiger partial charge on any atom is 0.203 e. The lowest BCUT2D eigenvalue weighted by Gasteiger charge is -2.27. The van der Waals surface area contributed by atoms with Gasteiger partial charge in [-0.1, -0.05) is 0 Å². The Balaban J connectivity index is 2.07. The van der Waals surface area contributed by atoms with Crippen molar-refractivity contribution in [1.82, 2.24) is 0 Å². The van der Waals surface area contributed by atoms with Crippen molar-refractivity contribution in [2.24, 2.45) is 0 Å². The number of carbonyl (C=O) groups excluding carboxylic acids is 1. The van der Waals surface area contributed by atoms with Gasteiger partial charge in [0.1, 0.15) is 23.2 Å². The summed E-state index contributed by atoms with van der Waals surface area (Å²) in [6.07, 6.45) is -1.06. The van der Waals surface area contributed by atoms with Crippen LogP contribution >= 0.6 is 0 Å². The van der Waals surface area contributed by atoms with E-state index < -0.39 is 17.6 Å². The normalized spacial score (nSPS) is 16.1. The van der Waals surface area contributed by atoms with E-state index in [1.54, 1.807) is 0 Å². The zero-order valence-corrected chi connectivity index (χ0v) is 13.4. The maximum atomic E-state index is 12.5. The molecule has 0 aromatic heterocycles. The van der Waals surface area contributed by atoms with Crippen LogP contribution < -0.4 is 14.2 Å². The first-order valence-corrected chi connectivity index (χ1v) is 7.30. The molecule has 0 radical (unpaired) electrons. The first-order chi connectivity index (χ1) is 11.9. The number of methoxy groups -OCH3 is 2. The Hall–Kier alpha value is -3.29. The van der Waals surface area contributed by atoms with Gasteiger partial charge in [0.25, 0.3) is 0 Å². The van der Waals surface area contributed by atoms with Gasteiger partial charge < -0.3 is 34.6 Å². The number of benzene rings is 2. The smallest absolute Gasteiger partial charge is 0.203 e. The van der Waals surface area contributed by atoms with Gasteiger partial charge in [0, 0.05) is 17.7 Å². The molecule has 0 aliphatic carbocycles. The third-order valence-corrected chi connectivity index (χ3v) is 4.00. The van der Waals surface area contributed by atoms with Gasteiger partial charge in [-0.3, -0.25) is 4.79 Å². The van der Waals surface area contributed by atoms with Crippen LogP contribution in [0.25, 0.3) is 0 Å². The summed E-state index contributed by atoms with van der Waals surface area (Å²) in [5.74, 6) is -2.03. The van der Waals surface area contributed by atoms with Gasteiger partial charge in [0.15, 0.2) is 28.8 Å². The van der Waals surface area contributed by atoms with Crippen molar-refractivity contribution in [2.45, 2.75) is 12.5 Å². The Morgan fingerprint density at radius 1 is 1.00 bits per heavy atom. The second-order valence-electron chi connectivity index (χ2n) is 5.47. The van der Waals surface area contributed by atoms with Crippen LogP contribution in [0.2, 0.25) is 0 Å². The van der Waals surface area contributed by atoms with Gasteiger partial charge in [0.05, 0.1) is 20.6 Å². The Morgan fingerprint density at radius 2 is 1.72 bits per heavy atom. The van der Waals surface area contributed by atoms with Crippen molar-refractivity contribution in [2.75, 3.05) is 14.2 Å². The van der Waals surface area contributed by atoms with Crippen LogP contribution in [0.5, 0.6) is 40.2 Å². The standard InChI is InChI=1S/C17H16O8/c1-23-13-3-7(8(18)4-9(13)19)12-5-10(20)15-14(25-12)6-11(21)17(24-2)16(15)22/h3-4,6,12,18-19,21-22H,5H2,1-2H3. The van der Waals surface area contributed by atoms with E-state index in [4.69, 9.17) is 14.2 Å². The van der Waals surface area contributed by atoms with Crippen molar-refractivity contribution in [3.63, 3.8) is 0 Å². The fourth-order valence-electron chi connectivity index (χ4n) is 2.81. The molecule has 8 heteroatoms. The van der Waals surface area contributed by atoms with E-state index in [9.17, 15) is 25.2 Å². The number of Topliss-reactive ketones (excluding diaryl/α,β-unsaturated/α-hetero) is 1. The van der Waals surface area contributed by atoms with Crippen LogP contribution in [0.1, 0.15) is 28.4 Å². The van der Waals surface area contributed by atoms with Crippen molar-refractivity contribution in [3.8, 4) is 40.2 Å². The summed E-state index contributed by atoms with van der Waals surface area (Å²) in [5.41, 5.74) is 0.125. The summed E-state index contributed by atoms with van der Waals surface area (Å²) in [5, 5.41) is 39.8. The van der Waals surface area contributed by atoms with Crippen LogP contribution in [0.4, 0.5) is 0 Å². The van der Waals surface area contributed by atoms with Gasteiger partial charge in [-0.25, -0.2) is 0 Å². The minimum Gasteiger partial charge on any atom is -0.507 e. The molecule has 1 aliphatic rings. The van der Waals surface area contributed by atoms with Crippen LogP contribution in [0, 0.1) is 0 Å². The fraction of sp³-hybridized carbons (Fsp3) is 0.235. The number of rotatable bonds is 3. The summed E-state index contributed by atoms with van der Waals surface area (Å²) in [6, 6.07) is 3.60. The van der Waals surface area contributed by atoms with Gasteiger partial charge in [-0.2, -0.15) is 0 Å². The molecule has 0 saturated heterocycles. The molecule has 4 N–H and O–H groups in total. The third kappa shape index (κ3) is 2.61. The minimum atomic E-state index is -0.887. The van der Waals surface area contributed by atoms with E-state index in [1.165, 1.54) is 20.3 Å². The summed E-state index contributed by atoms with van der Waals surface area (Å²) < 4.78 is 15.5. The molecule has 0 fully saturated rings. The zero-order chi connectivity index (χ0) is 18.3. The topological polar surface area (TPSA) is 126 Å². The lowest BCUT2D eigenvalue weighted by atomic mass is 9.94. The third-order valence-electron chi connectivity index (χ3n) is 4.00. The van der Waals surface area contributed by atoms with Gasteiger partial charge >= 0.3 is 0 Å². The minimum absolute atomic E-state index is 0.0384. The number of phenolic OH excluding ortho intramolecular Hbond substituents is 4. The Bertz CT molecular complexity index is 858.